The summed E-state index contributed by atoms with van der Waals surface area (Å²) >= 11 is 14.3. The number of aromatic nitrogens is 3. The van der Waals surface area contributed by atoms with Crippen LogP contribution < -0.4 is 5.56 Å². The summed E-state index contributed by atoms with van der Waals surface area (Å²) in [7, 11) is 1.68. The Morgan fingerprint density at radius 3 is 2.50 bits per heavy atom. The lowest BCUT2D eigenvalue weighted by atomic mass is 10.1. The number of hydrogen-bond acceptors (Lipinski definition) is 4. The molecule has 0 bridgehead atoms. The maximum absolute atomic E-state index is 13.0. The van der Waals surface area contributed by atoms with Crippen LogP contribution in [0, 0.1) is 0 Å². The lowest BCUT2D eigenvalue weighted by molar-refractivity contribution is 0.884. The molecule has 0 saturated carbocycles. The van der Waals surface area contributed by atoms with Crippen molar-refractivity contribution in [2.75, 3.05) is 6.26 Å². The lowest BCUT2D eigenvalue weighted by Gasteiger charge is -2.11. The smallest absolute Gasteiger partial charge is 0.259 e. The standard InChI is InChI=1S/C23H17Cl2N3OS/c1-28-22-15(12-17(23(28)29)21-18(24)7-4-8-19(21)25)13-26-20(27-22)10-9-14-5-3-6-16(11-14)30-2/h3-13H,1-2H3/b10-9+. The maximum atomic E-state index is 13.0. The number of fused-ring (bicyclic) bond motifs is 1. The first-order chi connectivity index (χ1) is 14.5. The van der Waals surface area contributed by atoms with Crippen LogP contribution >= 0.6 is 35.0 Å². The average Bonchev–Trinajstić information content (AvgIpc) is 2.75. The SMILES string of the molecule is CSc1cccc(/C=C/c2ncc3cc(-c4c(Cl)cccc4Cl)c(=O)n(C)c3n2)c1. The second kappa shape index (κ2) is 8.64. The summed E-state index contributed by atoms with van der Waals surface area (Å²) < 4.78 is 1.50. The van der Waals surface area contributed by atoms with E-state index in [0.29, 0.717) is 32.6 Å². The third-order valence-electron chi connectivity index (χ3n) is 4.72. The van der Waals surface area contributed by atoms with Gasteiger partial charge in [-0.25, -0.2) is 9.97 Å². The highest BCUT2D eigenvalue weighted by Crippen LogP contribution is 2.33. The summed E-state index contributed by atoms with van der Waals surface area (Å²) in [6, 6.07) is 15.1. The molecule has 2 aromatic carbocycles. The molecular weight excluding hydrogens is 437 g/mol. The summed E-state index contributed by atoms with van der Waals surface area (Å²) in [4.78, 5) is 23.2. The highest BCUT2D eigenvalue weighted by molar-refractivity contribution is 7.98. The van der Waals surface area contributed by atoms with Gasteiger partial charge in [0.2, 0.25) is 0 Å². The molecule has 7 heteroatoms. The van der Waals surface area contributed by atoms with Gasteiger partial charge in [-0.1, -0.05) is 47.5 Å². The van der Waals surface area contributed by atoms with E-state index in [1.807, 2.05) is 30.5 Å². The van der Waals surface area contributed by atoms with Crippen LogP contribution in [0.4, 0.5) is 0 Å². The van der Waals surface area contributed by atoms with E-state index in [1.54, 1.807) is 49.3 Å². The minimum atomic E-state index is -0.223. The molecule has 150 valence electrons. The van der Waals surface area contributed by atoms with E-state index in [-0.39, 0.29) is 5.56 Å². The number of aryl methyl sites for hydroxylation is 1. The monoisotopic (exact) mass is 453 g/mol. The number of rotatable bonds is 4. The third kappa shape index (κ3) is 4.01. The molecule has 0 N–H and O–H groups in total. The fraction of sp³-hybridized carbons (Fsp3) is 0.0870. The van der Waals surface area contributed by atoms with Gasteiger partial charge in [-0.15, -0.1) is 11.8 Å². The lowest BCUT2D eigenvalue weighted by Crippen LogP contribution is -2.20. The molecule has 0 aliphatic carbocycles. The zero-order valence-corrected chi connectivity index (χ0v) is 18.6. The first-order valence-electron chi connectivity index (χ1n) is 9.11. The molecule has 4 nitrogen and oxygen atoms in total. The normalized spacial score (nSPS) is 11.5. The van der Waals surface area contributed by atoms with Crippen molar-refractivity contribution in [3.05, 3.63) is 86.5 Å². The van der Waals surface area contributed by atoms with Gasteiger partial charge >= 0.3 is 0 Å². The molecule has 4 aromatic rings. The second-order valence-corrected chi connectivity index (χ2v) is 8.33. The van der Waals surface area contributed by atoms with E-state index in [1.165, 1.54) is 9.46 Å². The Balaban J connectivity index is 1.78. The molecule has 0 aliphatic heterocycles. The molecule has 0 aliphatic rings. The second-order valence-electron chi connectivity index (χ2n) is 6.64. The topological polar surface area (TPSA) is 47.8 Å². The molecule has 2 heterocycles. The Labute approximate surface area is 188 Å². The molecule has 0 unspecified atom stereocenters. The van der Waals surface area contributed by atoms with Crippen molar-refractivity contribution in [1.29, 1.82) is 0 Å². The third-order valence-corrected chi connectivity index (χ3v) is 6.07. The maximum Gasteiger partial charge on any atom is 0.259 e. The number of hydrogen-bond donors (Lipinski definition) is 0. The molecule has 30 heavy (non-hydrogen) atoms. The molecule has 0 radical (unpaired) electrons. The van der Waals surface area contributed by atoms with E-state index in [2.05, 4.69) is 22.1 Å². The van der Waals surface area contributed by atoms with Gasteiger partial charge in [-0.2, -0.15) is 0 Å². The van der Waals surface area contributed by atoms with Crippen LogP contribution in [0.2, 0.25) is 10.0 Å². The van der Waals surface area contributed by atoms with Gasteiger partial charge in [0.25, 0.3) is 5.56 Å². The molecule has 2 aromatic heterocycles. The summed E-state index contributed by atoms with van der Waals surface area (Å²) in [5.74, 6) is 0.524. The van der Waals surface area contributed by atoms with Crippen molar-refractivity contribution in [1.82, 2.24) is 14.5 Å². The predicted octanol–water partition coefficient (Wildman–Crippen LogP) is 6.19. The molecular formula is C23H17Cl2N3OS. The summed E-state index contributed by atoms with van der Waals surface area (Å²) in [5, 5.41) is 1.57. The van der Waals surface area contributed by atoms with Crippen molar-refractivity contribution in [3.63, 3.8) is 0 Å². The first kappa shape index (κ1) is 20.7. The molecule has 0 atom stereocenters. The molecule has 0 amide bonds. The zero-order chi connectivity index (χ0) is 21.3. The summed E-state index contributed by atoms with van der Waals surface area (Å²) in [6.07, 6.45) is 7.53. The van der Waals surface area contributed by atoms with E-state index in [9.17, 15) is 4.79 Å². The highest BCUT2D eigenvalue weighted by Gasteiger charge is 2.15. The van der Waals surface area contributed by atoms with Crippen LogP contribution in [0.15, 0.2) is 64.4 Å². The van der Waals surface area contributed by atoms with Crippen LogP contribution in [0.1, 0.15) is 11.4 Å². The molecule has 0 fully saturated rings. The number of thioether (sulfide) groups is 1. The quantitative estimate of drug-likeness (QED) is 0.345. The van der Waals surface area contributed by atoms with E-state index < -0.39 is 0 Å². The van der Waals surface area contributed by atoms with Crippen molar-refractivity contribution in [3.8, 4) is 11.1 Å². The van der Waals surface area contributed by atoms with Crippen LogP contribution in [-0.4, -0.2) is 20.8 Å². The summed E-state index contributed by atoms with van der Waals surface area (Å²) in [6.45, 7) is 0. The van der Waals surface area contributed by atoms with Gasteiger partial charge in [0.05, 0.1) is 15.6 Å². The van der Waals surface area contributed by atoms with Crippen LogP contribution in [0.3, 0.4) is 0 Å². The van der Waals surface area contributed by atoms with E-state index in [0.717, 1.165) is 10.9 Å². The van der Waals surface area contributed by atoms with Gasteiger partial charge in [-0.05, 0) is 48.2 Å². The van der Waals surface area contributed by atoms with Gasteiger partial charge in [-0.3, -0.25) is 9.36 Å². The Hall–Kier alpha value is -2.60. The number of nitrogens with zero attached hydrogens (tertiary/aromatic N) is 3. The van der Waals surface area contributed by atoms with Gasteiger partial charge in [0.15, 0.2) is 5.82 Å². The summed E-state index contributed by atoms with van der Waals surface area (Å²) in [5.41, 5.74) is 2.31. The number of pyridine rings is 1. The Morgan fingerprint density at radius 1 is 1.03 bits per heavy atom. The van der Waals surface area contributed by atoms with Gasteiger partial charge in [0, 0.05) is 29.1 Å². The molecule has 4 rings (SSSR count). The van der Waals surface area contributed by atoms with Gasteiger partial charge in [0.1, 0.15) is 5.65 Å². The minimum Gasteiger partial charge on any atom is -0.295 e. The average molecular weight is 454 g/mol. The Bertz CT molecular complexity index is 1330. The van der Waals surface area contributed by atoms with E-state index >= 15 is 0 Å². The van der Waals surface area contributed by atoms with Crippen LogP contribution in [-0.2, 0) is 7.05 Å². The van der Waals surface area contributed by atoms with E-state index in [4.69, 9.17) is 23.2 Å². The van der Waals surface area contributed by atoms with Gasteiger partial charge < -0.3 is 0 Å². The Morgan fingerprint density at radius 2 is 1.77 bits per heavy atom. The van der Waals surface area contributed by atoms with Crippen molar-refractivity contribution < 1.29 is 0 Å². The van der Waals surface area contributed by atoms with Crippen molar-refractivity contribution >= 4 is 58.1 Å². The zero-order valence-electron chi connectivity index (χ0n) is 16.3. The fourth-order valence-electron chi connectivity index (χ4n) is 3.19. The minimum absolute atomic E-state index is 0.223. The Kier molecular flexibility index (Phi) is 5.95. The molecule has 0 saturated heterocycles. The fourth-order valence-corrected chi connectivity index (χ4v) is 4.26. The number of benzene rings is 2. The van der Waals surface area contributed by atoms with Crippen molar-refractivity contribution in [2.45, 2.75) is 4.90 Å². The van der Waals surface area contributed by atoms with Crippen LogP contribution in [0.25, 0.3) is 34.3 Å². The number of halogens is 2. The first-order valence-corrected chi connectivity index (χ1v) is 11.1. The molecule has 0 spiro atoms. The van der Waals surface area contributed by atoms with Crippen molar-refractivity contribution in [2.24, 2.45) is 7.05 Å². The van der Waals surface area contributed by atoms with Crippen LogP contribution in [0.5, 0.6) is 0 Å². The largest absolute Gasteiger partial charge is 0.295 e. The predicted molar refractivity (Wildman–Crippen MR) is 127 cm³/mol. The highest BCUT2D eigenvalue weighted by atomic mass is 35.5.